The molecule has 2 saturated heterocycles. The summed E-state index contributed by atoms with van der Waals surface area (Å²) < 4.78 is 10.5. The molecule has 1 unspecified atom stereocenters. The molecule has 0 aliphatic carbocycles. The first-order valence-electron chi connectivity index (χ1n) is 12.8. The molecule has 0 bridgehead atoms. The van der Waals surface area contributed by atoms with Crippen LogP contribution in [0.5, 0.6) is 0 Å². The van der Waals surface area contributed by atoms with Crippen LogP contribution in [0.4, 0.5) is 4.79 Å². The summed E-state index contributed by atoms with van der Waals surface area (Å²) in [5.41, 5.74) is -1.16. The van der Waals surface area contributed by atoms with E-state index in [0.29, 0.717) is 57.6 Å². The number of aliphatic imine (C=N–C) groups is 1. The fraction of sp³-hybridized carbons (Fsp3) is 0.840. The number of nitrogens with zero attached hydrogens (tertiary/aromatic N) is 4. The Labute approximate surface area is 210 Å². The molecular formula is C25H44N6O4. The van der Waals surface area contributed by atoms with E-state index < -0.39 is 17.7 Å². The summed E-state index contributed by atoms with van der Waals surface area (Å²) in [5.74, 6) is 0.472. The molecule has 2 aliphatic heterocycles. The zero-order chi connectivity index (χ0) is 26.1. The molecule has 2 N–H and O–H groups in total. The van der Waals surface area contributed by atoms with E-state index in [9.17, 15) is 14.9 Å². The van der Waals surface area contributed by atoms with E-state index in [2.05, 4.69) is 35.5 Å². The molecule has 2 heterocycles. The summed E-state index contributed by atoms with van der Waals surface area (Å²) in [6, 6.07) is 1.62. The number of likely N-dealkylation sites (tertiary alicyclic amines) is 1. The van der Waals surface area contributed by atoms with Crippen molar-refractivity contribution in [3.63, 3.8) is 0 Å². The quantitative estimate of drug-likeness (QED) is 0.414. The van der Waals surface area contributed by atoms with E-state index in [1.165, 1.54) is 0 Å². The van der Waals surface area contributed by atoms with Crippen LogP contribution in [0.1, 0.15) is 60.8 Å². The highest BCUT2D eigenvalue weighted by Gasteiger charge is 2.39. The summed E-state index contributed by atoms with van der Waals surface area (Å²) >= 11 is 0. The lowest BCUT2D eigenvalue weighted by molar-refractivity contribution is -0.124. The van der Waals surface area contributed by atoms with Gasteiger partial charge >= 0.3 is 6.09 Å². The molecule has 0 aromatic rings. The van der Waals surface area contributed by atoms with Crippen molar-refractivity contribution < 1.29 is 19.1 Å². The van der Waals surface area contributed by atoms with Crippen LogP contribution in [0.2, 0.25) is 0 Å². The van der Waals surface area contributed by atoms with Gasteiger partial charge in [-0.1, -0.05) is 34.6 Å². The topological polar surface area (TPSA) is 119 Å². The number of rotatable bonds is 7. The molecule has 0 aromatic carbocycles. The van der Waals surface area contributed by atoms with Crippen molar-refractivity contribution in [3.8, 4) is 6.07 Å². The van der Waals surface area contributed by atoms with Gasteiger partial charge in [-0.05, 0) is 44.1 Å². The van der Waals surface area contributed by atoms with Crippen LogP contribution >= 0.6 is 0 Å². The predicted molar refractivity (Wildman–Crippen MR) is 135 cm³/mol. The normalized spacial score (nSPS) is 22.9. The second-order valence-electron chi connectivity index (χ2n) is 11.1. The number of piperidine rings is 1. The summed E-state index contributed by atoms with van der Waals surface area (Å²) in [5, 5.41) is 15.9. The fourth-order valence-corrected chi connectivity index (χ4v) is 4.51. The summed E-state index contributed by atoms with van der Waals surface area (Å²) in [6.45, 7) is 16.8. The third-order valence-corrected chi connectivity index (χ3v) is 5.96. The van der Waals surface area contributed by atoms with Crippen molar-refractivity contribution in [3.05, 3.63) is 0 Å². The van der Waals surface area contributed by atoms with Gasteiger partial charge in [-0.25, -0.2) is 9.79 Å². The molecule has 2 amide bonds. The lowest BCUT2D eigenvalue weighted by Crippen LogP contribution is -2.60. The summed E-state index contributed by atoms with van der Waals surface area (Å²) in [6.07, 6.45) is 1.29. The van der Waals surface area contributed by atoms with E-state index in [0.717, 1.165) is 19.5 Å². The standard InChI is InChI=1S/C25H44N6O4/c1-7-35-23(33)28-22(31-11-13-34-14-12-31)27-20(15-24(4,5)6)21(32)29-25(17-26)9-8-10-30(18-25)16-19(2)3/h19-20H,7-16,18H2,1-6H3,(H,29,32)(H,27,28,33)/t20-,25?/m0/s1. The molecule has 2 atom stereocenters. The molecule has 10 nitrogen and oxygen atoms in total. The minimum Gasteiger partial charge on any atom is -0.450 e. The molecule has 0 radical (unpaired) electrons. The second-order valence-corrected chi connectivity index (χ2v) is 11.1. The molecule has 0 aromatic heterocycles. The third-order valence-electron chi connectivity index (χ3n) is 5.96. The van der Waals surface area contributed by atoms with Crippen LogP contribution in [-0.2, 0) is 14.3 Å². The van der Waals surface area contributed by atoms with Crippen molar-refractivity contribution in [1.29, 1.82) is 5.26 Å². The first-order valence-corrected chi connectivity index (χ1v) is 12.8. The Balaban J connectivity index is 2.31. The SMILES string of the molecule is CCOC(=O)NC(=N[C@@H](CC(C)(C)C)C(=O)NC1(C#N)CCCN(CC(C)C)C1)N1CCOCC1. The third kappa shape index (κ3) is 9.65. The number of nitrogens with one attached hydrogen (secondary N) is 2. The number of amides is 2. The molecule has 0 spiro atoms. The fourth-order valence-electron chi connectivity index (χ4n) is 4.51. The molecule has 0 saturated carbocycles. The highest BCUT2D eigenvalue weighted by molar-refractivity contribution is 5.96. The van der Waals surface area contributed by atoms with Gasteiger partial charge in [0.1, 0.15) is 11.6 Å². The Kier molecular flexibility index (Phi) is 10.8. The van der Waals surface area contributed by atoms with Crippen LogP contribution in [0.3, 0.4) is 0 Å². The maximum atomic E-state index is 13.6. The average molecular weight is 493 g/mol. The number of nitriles is 1. The number of morpholine rings is 1. The lowest BCUT2D eigenvalue weighted by atomic mass is 9.86. The summed E-state index contributed by atoms with van der Waals surface area (Å²) in [4.78, 5) is 34.8. The van der Waals surface area contributed by atoms with E-state index in [1.54, 1.807) is 6.92 Å². The van der Waals surface area contributed by atoms with Gasteiger partial charge in [-0.15, -0.1) is 0 Å². The Morgan fingerprint density at radius 3 is 2.49 bits per heavy atom. The van der Waals surface area contributed by atoms with Gasteiger partial charge in [0, 0.05) is 26.2 Å². The first-order chi connectivity index (χ1) is 16.5. The van der Waals surface area contributed by atoms with E-state index in [1.807, 2.05) is 25.7 Å². The van der Waals surface area contributed by atoms with Crippen LogP contribution in [0.15, 0.2) is 4.99 Å². The molecule has 35 heavy (non-hydrogen) atoms. The number of ether oxygens (including phenoxy) is 2. The smallest absolute Gasteiger partial charge is 0.413 e. The molecular weight excluding hydrogens is 448 g/mol. The maximum Gasteiger partial charge on any atom is 0.413 e. The second kappa shape index (κ2) is 13.1. The summed E-state index contributed by atoms with van der Waals surface area (Å²) in [7, 11) is 0. The first kappa shape index (κ1) is 28.9. The number of alkyl carbamates (subject to hydrolysis) is 1. The van der Waals surface area contributed by atoms with Gasteiger partial charge in [0.15, 0.2) is 0 Å². The maximum absolute atomic E-state index is 13.6. The molecule has 2 fully saturated rings. The largest absolute Gasteiger partial charge is 0.450 e. The van der Waals surface area contributed by atoms with Crippen LogP contribution in [0.25, 0.3) is 0 Å². The van der Waals surface area contributed by atoms with Crippen LogP contribution < -0.4 is 10.6 Å². The van der Waals surface area contributed by atoms with E-state index in [-0.39, 0.29) is 17.9 Å². The number of hydrogen-bond acceptors (Lipinski definition) is 7. The van der Waals surface area contributed by atoms with Crippen molar-refractivity contribution in [2.45, 2.75) is 72.4 Å². The van der Waals surface area contributed by atoms with Crippen molar-refractivity contribution in [2.24, 2.45) is 16.3 Å². The van der Waals surface area contributed by atoms with Gasteiger partial charge in [0.25, 0.3) is 0 Å². The van der Waals surface area contributed by atoms with Crippen LogP contribution in [0, 0.1) is 22.7 Å². The molecule has 2 aliphatic rings. The average Bonchev–Trinajstić information content (AvgIpc) is 2.77. The predicted octanol–water partition coefficient (Wildman–Crippen LogP) is 2.36. The lowest BCUT2D eigenvalue weighted by Gasteiger charge is -2.40. The van der Waals surface area contributed by atoms with E-state index >= 15 is 0 Å². The Morgan fingerprint density at radius 1 is 1.23 bits per heavy atom. The van der Waals surface area contributed by atoms with Crippen molar-refractivity contribution in [2.75, 3.05) is 52.5 Å². The zero-order valence-electron chi connectivity index (χ0n) is 22.4. The Bertz CT molecular complexity index is 782. The minimum absolute atomic E-state index is 0.207. The van der Waals surface area contributed by atoms with Crippen LogP contribution in [-0.4, -0.2) is 91.9 Å². The molecule has 198 valence electrons. The van der Waals surface area contributed by atoms with Gasteiger partial charge in [0.2, 0.25) is 11.9 Å². The van der Waals surface area contributed by atoms with Crippen molar-refractivity contribution in [1.82, 2.24) is 20.4 Å². The zero-order valence-corrected chi connectivity index (χ0v) is 22.4. The molecule has 10 heteroatoms. The number of hydrogen-bond donors (Lipinski definition) is 2. The van der Waals surface area contributed by atoms with Gasteiger partial charge in [-0.2, -0.15) is 5.26 Å². The van der Waals surface area contributed by atoms with Crippen molar-refractivity contribution >= 4 is 18.0 Å². The van der Waals surface area contributed by atoms with Gasteiger partial charge in [0.05, 0.1) is 25.9 Å². The van der Waals surface area contributed by atoms with Gasteiger partial charge < -0.3 is 19.7 Å². The van der Waals surface area contributed by atoms with E-state index in [4.69, 9.17) is 14.5 Å². The highest BCUT2D eigenvalue weighted by atomic mass is 16.5. The monoisotopic (exact) mass is 492 g/mol. The number of guanidine groups is 1. The number of carbonyl (C=O) groups is 2. The highest BCUT2D eigenvalue weighted by Crippen LogP contribution is 2.26. The number of carbonyl (C=O) groups excluding carboxylic acids is 2. The Morgan fingerprint density at radius 2 is 1.91 bits per heavy atom. The Hall–Kier alpha value is -2.38. The van der Waals surface area contributed by atoms with Gasteiger partial charge in [-0.3, -0.25) is 15.0 Å². The molecule has 2 rings (SSSR count). The minimum atomic E-state index is -0.955.